The number of rotatable bonds is 6. The number of nitrogens with one attached hydrogen (secondary N) is 2. The van der Waals surface area contributed by atoms with Crippen LogP contribution in [0.25, 0.3) is 0 Å². The summed E-state index contributed by atoms with van der Waals surface area (Å²) in [6.07, 6.45) is 0. The van der Waals surface area contributed by atoms with E-state index in [1.165, 1.54) is 0 Å². The van der Waals surface area contributed by atoms with Crippen LogP contribution in [-0.2, 0) is 0 Å². The number of halogens is 1. The van der Waals surface area contributed by atoms with Crippen LogP contribution >= 0.6 is 15.9 Å². The SMILES string of the molecule is CC(C)CNCCNc1cccc(Br)c1. The van der Waals surface area contributed by atoms with Gasteiger partial charge in [-0.15, -0.1) is 0 Å². The molecule has 0 aliphatic heterocycles. The van der Waals surface area contributed by atoms with E-state index in [0.29, 0.717) is 0 Å². The van der Waals surface area contributed by atoms with Crippen molar-refractivity contribution in [1.29, 1.82) is 0 Å². The summed E-state index contributed by atoms with van der Waals surface area (Å²) in [6, 6.07) is 8.23. The maximum absolute atomic E-state index is 3.45. The molecule has 0 aliphatic rings. The van der Waals surface area contributed by atoms with E-state index in [9.17, 15) is 0 Å². The highest BCUT2D eigenvalue weighted by Gasteiger charge is 1.94. The molecule has 15 heavy (non-hydrogen) atoms. The van der Waals surface area contributed by atoms with Crippen molar-refractivity contribution in [2.24, 2.45) is 5.92 Å². The third-order valence-electron chi connectivity index (χ3n) is 2.01. The molecular weight excluding hydrogens is 252 g/mol. The molecule has 2 N–H and O–H groups in total. The molecule has 0 heterocycles. The van der Waals surface area contributed by atoms with Crippen LogP contribution in [0.5, 0.6) is 0 Å². The van der Waals surface area contributed by atoms with Crippen molar-refractivity contribution in [3.8, 4) is 0 Å². The largest absolute Gasteiger partial charge is 0.384 e. The van der Waals surface area contributed by atoms with Crippen LogP contribution in [-0.4, -0.2) is 19.6 Å². The molecule has 2 nitrogen and oxygen atoms in total. The average Bonchev–Trinajstić information content (AvgIpc) is 2.17. The van der Waals surface area contributed by atoms with E-state index >= 15 is 0 Å². The molecule has 0 fully saturated rings. The second-order valence-electron chi connectivity index (χ2n) is 4.04. The molecule has 84 valence electrons. The normalized spacial score (nSPS) is 10.7. The summed E-state index contributed by atoms with van der Waals surface area (Å²) in [6.45, 7) is 7.48. The predicted molar refractivity (Wildman–Crippen MR) is 70.3 cm³/mol. The second kappa shape index (κ2) is 6.85. The molecule has 0 bridgehead atoms. The highest BCUT2D eigenvalue weighted by Crippen LogP contribution is 2.14. The zero-order valence-electron chi connectivity index (χ0n) is 9.39. The first kappa shape index (κ1) is 12.5. The Morgan fingerprint density at radius 1 is 1.27 bits per heavy atom. The minimum atomic E-state index is 0.718. The quantitative estimate of drug-likeness (QED) is 0.777. The summed E-state index contributed by atoms with van der Waals surface area (Å²) in [5.41, 5.74) is 1.16. The van der Waals surface area contributed by atoms with Gasteiger partial charge in [-0.1, -0.05) is 35.8 Å². The Morgan fingerprint density at radius 3 is 2.73 bits per heavy atom. The van der Waals surface area contributed by atoms with E-state index in [-0.39, 0.29) is 0 Å². The summed E-state index contributed by atoms with van der Waals surface area (Å²) in [5.74, 6) is 0.718. The summed E-state index contributed by atoms with van der Waals surface area (Å²) < 4.78 is 1.11. The zero-order chi connectivity index (χ0) is 11.1. The molecule has 1 aromatic rings. The first-order valence-electron chi connectivity index (χ1n) is 5.38. The van der Waals surface area contributed by atoms with Gasteiger partial charge < -0.3 is 10.6 Å². The molecule has 0 atom stereocenters. The maximum Gasteiger partial charge on any atom is 0.0351 e. The van der Waals surface area contributed by atoms with Gasteiger partial charge in [-0.2, -0.15) is 0 Å². The van der Waals surface area contributed by atoms with Gasteiger partial charge in [0.15, 0.2) is 0 Å². The Kier molecular flexibility index (Phi) is 5.73. The van der Waals surface area contributed by atoms with E-state index in [1.54, 1.807) is 0 Å². The fourth-order valence-corrected chi connectivity index (χ4v) is 1.68. The van der Waals surface area contributed by atoms with Gasteiger partial charge in [-0.05, 0) is 30.7 Å². The Balaban J connectivity index is 2.15. The third kappa shape index (κ3) is 5.80. The van der Waals surface area contributed by atoms with Gasteiger partial charge in [0.05, 0.1) is 0 Å². The highest BCUT2D eigenvalue weighted by atomic mass is 79.9. The maximum atomic E-state index is 3.45. The van der Waals surface area contributed by atoms with Crippen LogP contribution < -0.4 is 10.6 Å². The summed E-state index contributed by atoms with van der Waals surface area (Å²) in [4.78, 5) is 0. The lowest BCUT2D eigenvalue weighted by molar-refractivity contribution is 0.561. The van der Waals surface area contributed by atoms with Gasteiger partial charge in [0.1, 0.15) is 0 Å². The molecular formula is C12H19BrN2. The van der Waals surface area contributed by atoms with E-state index in [2.05, 4.69) is 52.5 Å². The monoisotopic (exact) mass is 270 g/mol. The lowest BCUT2D eigenvalue weighted by atomic mass is 10.2. The molecule has 1 aromatic carbocycles. The lowest BCUT2D eigenvalue weighted by Crippen LogP contribution is -2.25. The third-order valence-corrected chi connectivity index (χ3v) is 2.50. The first-order chi connectivity index (χ1) is 7.18. The van der Waals surface area contributed by atoms with Crippen molar-refractivity contribution in [2.75, 3.05) is 25.0 Å². The smallest absolute Gasteiger partial charge is 0.0351 e. The fourth-order valence-electron chi connectivity index (χ4n) is 1.28. The molecule has 0 aliphatic carbocycles. The van der Waals surface area contributed by atoms with Crippen molar-refractivity contribution < 1.29 is 0 Å². The van der Waals surface area contributed by atoms with Gasteiger partial charge in [0, 0.05) is 23.2 Å². The molecule has 0 amide bonds. The molecule has 0 radical (unpaired) electrons. The van der Waals surface area contributed by atoms with Crippen LogP contribution in [0.1, 0.15) is 13.8 Å². The van der Waals surface area contributed by atoms with Crippen LogP contribution in [0.2, 0.25) is 0 Å². The van der Waals surface area contributed by atoms with Crippen LogP contribution in [0.15, 0.2) is 28.7 Å². The topological polar surface area (TPSA) is 24.1 Å². The summed E-state index contributed by atoms with van der Waals surface area (Å²) in [5, 5.41) is 6.76. The summed E-state index contributed by atoms with van der Waals surface area (Å²) in [7, 11) is 0. The van der Waals surface area contributed by atoms with E-state index < -0.39 is 0 Å². The fraction of sp³-hybridized carbons (Fsp3) is 0.500. The zero-order valence-corrected chi connectivity index (χ0v) is 11.0. The van der Waals surface area contributed by atoms with Crippen LogP contribution in [0, 0.1) is 5.92 Å². The van der Waals surface area contributed by atoms with Gasteiger partial charge >= 0.3 is 0 Å². The molecule has 0 unspecified atom stereocenters. The average molecular weight is 271 g/mol. The highest BCUT2D eigenvalue weighted by molar-refractivity contribution is 9.10. The van der Waals surface area contributed by atoms with Gasteiger partial charge in [-0.25, -0.2) is 0 Å². The van der Waals surface area contributed by atoms with Crippen molar-refractivity contribution in [1.82, 2.24) is 5.32 Å². The van der Waals surface area contributed by atoms with E-state index in [0.717, 1.165) is 35.7 Å². The minimum Gasteiger partial charge on any atom is -0.384 e. The van der Waals surface area contributed by atoms with Crippen molar-refractivity contribution in [3.05, 3.63) is 28.7 Å². The standard InChI is InChI=1S/C12H19BrN2/c1-10(2)9-14-6-7-15-12-5-3-4-11(13)8-12/h3-5,8,10,14-15H,6-7,9H2,1-2H3. The Hall–Kier alpha value is -0.540. The van der Waals surface area contributed by atoms with Crippen molar-refractivity contribution in [3.63, 3.8) is 0 Å². The lowest BCUT2D eigenvalue weighted by Gasteiger charge is -2.09. The molecule has 3 heteroatoms. The minimum absolute atomic E-state index is 0.718. The predicted octanol–water partition coefficient (Wildman–Crippen LogP) is 3.11. The van der Waals surface area contributed by atoms with Crippen molar-refractivity contribution in [2.45, 2.75) is 13.8 Å². The number of hydrogen-bond donors (Lipinski definition) is 2. The number of benzene rings is 1. The number of anilines is 1. The number of hydrogen-bond acceptors (Lipinski definition) is 2. The van der Waals surface area contributed by atoms with Crippen LogP contribution in [0.3, 0.4) is 0 Å². The Bertz CT molecular complexity index is 287. The van der Waals surface area contributed by atoms with Gasteiger partial charge in [0.2, 0.25) is 0 Å². The Labute approximate surface area is 101 Å². The van der Waals surface area contributed by atoms with E-state index in [4.69, 9.17) is 0 Å². The van der Waals surface area contributed by atoms with Gasteiger partial charge in [-0.3, -0.25) is 0 Å². The van der Waals surface area contributed by atoms with E-state index in [1.807, 2.05) is 12.1 Å². The second-order valence-corrected chi connectivity index (χ2v) is 4.95. The van der Waals surface area contributed by atoms with Gasteiger partial charge in [0.25, 0.3) is 0 Å². The molecule has 0 spiro atoms. The Morgan fingerprint density at radius 2 is 2.07 bits per heavy atom. The first-order valence-corrected chi connectivity index (χ1v) is 6.18. The molecule has 0 saturated carbocycles. The summed E-state index contributed by atoms with van der Waals surface area (Å²) >= 11 is 3.45. The van der Waals surface area contributed by atoms with Crippen molar-refractivity contribution >= 4 is 21.6 Å². The molecule has 0 saturated heterocycles. The molecule has 1 rings (SSSR count). The molecule has 0 aromatic heterocycles. The van der Waals surface area contributed by atoms with Crippen LogP contribution in [0.4, 0.5) is 5.69 Å².